The van der Waals surface area contributed by atoms with Crippen molar-refractivity contribution in [2.45, 2.75) is 39.7 Å². The van der Waals surface area contributed by atoms with Gasteiger partial charge in [0.25, 0.3) is 5.91 Å². The molecule has 0 aliphatic rings. The largest absolute Gasteiger partial charge is 0.491 e. The molecule has 0 aliphatic heterocycles. The van der Waals surface area contributed by atoms with E-state index in [2.05, 4.69) is 15.6 Å². The van der Waals surface area contributed by atoms with Crippen molar-refractivity contribution < 1.29 is 9.53 Å². The van der Waals surface area contributed by atoms with Crippen molar-refractivity contribution in [2.24, 2.45) is 5.73 Å². The van der Waals surface area contributed by atoms with E-state index in [1.165, 1.54) is 0 Å². The van der Waals surface area contributed by atoms with E-state index in [0.29, 0.717) is 25.2 Å². The Morgan fingerprint density at radius 2 is 2.00 bits per heavy atom. The fourth-order valence-corrected chi connectivity index (χ4v) is 2.33. The van der Waals surface area contributed by atoms with Crippen molar-refractivity contribution in [3.8, 4) is 11.4 Å². The Hall–Kier alpha value is -2.12. The molecule has 2 aromatic rings. The first-order valence-corrected chi connectivity index (χ1v) is 8.26. The van der Waals surface area contributed by atoms with E-state index >= 15 is 0 Å². The molecule has 0 bridgehead atoms. The number of carbonyl (C=O) groups excluding carboxylic acids is 1. The zero-order valence-electron chi connectivity index (χ0n) is 14.9. The summed E-state index contributed by atoms with van der Waals surface area (Å²) in [5, 5.41) is 11.0. The maximum absolute atomic E-state index is 12.2. The van der Waals surface area contributed by atoms with Crippen molar-refractivity contribution in [2.75, 3.05) is 13.1 Å². The molecule has 25 heavy (non-hydrogen) atoms. The Morgan fingerprint density at radius 3 is 2.56 bits per heavy atom. The topological polar surface area (TPSA) is 95.1 Å². The number of carbonyl (C=O) groups is 1. The number of nitrogens with one attached hydrogen (secondary N) is 1. The molecular formula is C17H26ClN5O2. The van der Waals surface area contributed by atoms with E-state index < -0.39 is 0 Å². The van der Waals surface area contributed by atoms with Gasteiger partial charge in [0.15, 0.2) is 5.69 Å². The molecule has 1 aromatic carbocycles. The van der Waals surface area contributed by atoms with Gasteiger partial charge in [-0.25, -0.2) is 4.68 Å². The Bertz CT molecular complexity index is 670. The molecule has 0 atom stereocenters. The fourth-order valence-electron chi connectivity index (χ4n) is 2.33. The van der Waals surface area contributed by atoms with Crippen LogP contribution in [0, 0.1) is 0 Å². The van der Waals surface area contributed by atoms with Gasteiger partial charge in [0.1, 0.15) is 5.75 Å². The fraction of sp³-hybridized carbons (Fsp3) is 0.471. The van der Waals surface area contributed by atoms with Crippen molar-refractivity contribution >= 4 is 18.3 Å². The van der Waals surface area contributed by atoms with Gasteiger partial charge in [-0.05, 0) is 57.5 Å². The number of nitrogens with zero attached hydrogens (tertiary/aromatic N) is 3. The van der Waals surface area contributed by atoms with E-state index in [4.69, 9.17) is 10.5 Å². The molecule has 0 aliphatic carbocycles. The smallest absolute Gasteiger partial charge is 0.273 e. The molecule has 3 N–H and O–H groups in total. The molecule has 0 saturated heterocycles. The lowest BCUT2D eigenvalue weighted by molar-refractivity contribution is 0.0947. The van der Waals surface area contributed by atoms with Gasteiger partial charge in [0, 0.05) is 6.54 Å². The second-order valence-corrected chi connectivity index (χ2v) is 5.71. The van der Waals surface area contributed by atoms with Gasteiger partial charge in [-0.2, -0.15) is 0 Å². The summed E-state index contributed by atoms with van der Waals surface area (Å²) >= 11 is 0. The molecule has 8 heteroatoms. The minimum absolute atomic E-state index is 0. The van der Waals surface area contributed by atoms with Gasteiger partial charge in [-0.15, -0.1) is 17.5 Å². The van der Waals surface area contributed by atoms with Crippen LogP contribution in [-0.4, -0.2) is 40.1 Å². The Balaban J connectivity index is 0.00000312. The van der Waals surface area contributed by atoms with E-state index in [1.54, 1.807) is 4.68 Å². The second kappa shape index (κ2) is 10.0. The van der Waals surface area contributed by atoms with Crippen LogP contribution in [0.25, 0.3) is 5.69 Å². The molecule has 0 saturated carbocycles. The molecule has 0 spiro atoms. The molecular weight excluding hydrogens is 342 g/mol. The third-order valence-electron chi connectivity index (χ3n) is 3.43. The summed E-state index contributed by atoms with van der Waals surface area (Å²) < 4.78 is 7.33. The number of ether oxygens (including phenoxy) is 1. The van der Waals surface area contributed by atoms with Crippen LogP contribution in [0.1, 0.15) is 43.4 Å². The molecule has 0 fully saturated rings. The number of aromatic nitrogens is 3. The zero-order chi connectivity index (χ0) is 17.5. The van der Waals surface area contributed by atoms with Gasteiger partial charge in [-0.3, -0.25) is 4.79 Å². The third-order valence-corrected chi connectivity index (χ3v) is 3.43. The van der Waals surface area contributed by atoms with Crippen molar-refractivity contribution in [3.63, 3.8) is 0 Å². The molecule has 1 aromatic heterocycles. The molecule has 2 rings (SSSR count). The first-order valence-electron chi connectivity index (χ1n) is 8.26. The van der Waals surface area contributed by atoms with Crippen LogP contribution in [0.5, 0.6) is 5.75 Å². The number of amides is 1. The van der Waals surface area contributed by atoms with Gasteiger partial charge < -0.3 is 15.8 Å². The SMILES string of the molecule is CCc1c(C(=O)NCCCN)nnn1-c1ccc(OC(C)C)cc1.Cl. The predicted octanol–water partition coefficient (Wildman–Crippen LogP) is 2.12. The average Bonchev–Trinajstić information content (AvgIpc) is 2.99. The molecule has 138 valence electrons. The first kappa shape index (κ1) is 20.9. The van der Waals surface area contributed by atoms with E-state index in [-0.39, 0.29) is 24.4 Å². The van der Waals surface area contributed by atoms with Crippen molar-refractivity contribution in [1.29, 1.82) is 0 Å². The number of hydrogen-bond acceptors (Lipinski definition) is 5. The van der Waals surface area contributed by atoms with Gasteiger partial charge in [0.2, 0.25) is 0 Å². The van der Waals surface area contributed by atoms with Crippen LogP contribution >= 0.6 is 12.4 Å². The number of halogens is 1. The van der Waals surface area contributed by atoms with Crippen molar-refractivity contribution in [1.82, 2.24) is 20.3 Å². The number of rotatable bonds is 8. The summed E-state index contributed by atoms with van der Waals surface area (Å²) in [5.74, 6) is 0.581. The van der Waals surface area contributed by atoms with Crippen LogP contribution in [0.4, 0.5) is 0 Å². The summed E-state index contributed by atoms with van der Waals surface area (Å²) in [6.07, 6.45) is 1.51. The highest BCUT2D eigenvalue weighted by atomic mass is 35.5. The van der Waals surface area contributed by atoms with Crippen LogP contribution in [-0.2, 0) is 6.42 Å². The Morgan fingerprint density at radius 1 is 1.32 bits per heavy atom. The molecule has 1 heterocycles. The lowest BCUT2D eigenvalue weighted by atomic mass is 10.2. The summed E-state index contributed by atoms with van der Waals surface area (Å²) in [6.45, 7) is 7.01. The van der Waals surface area contributed by atoms with Crippen LogP contribution in [0.15, 0.2) is 24.3 Å². The third kappa shape index (κ3) is 5.44. The molecule has 7 nitrogen and oxygen atoms in total. The highest BCUT2D eigenvalue weighted by Crippen LogP contribution is 2.18. The summed E-state index contributed by atoms with van der Waals surface area (Å²) in [5.41, 5.74) is 7.42. The maximum Gasteiger partial charge on any atom is 0.273 e. The predicted molar refractivity (Wildman–Crippen MR) is 99.8 cm³/mol. The maximum atomic E-state index is 12.2. The van der Waals surface area contributed by atoms with E-state index in [1.807, 2.05) is 45.0 Å². The number of benzene rings is 1. The van der Waals surface area contributed by atoms with Crippen LogP contribution < -0.4 is 15.8 Å². The lowest BCUT2D eigenvalue weighted by Gasteiger charge is -2.11. The highest BCUT2D eigenvalue weighted by molar-refractivity contribution is 5.93. The van der Waals surface area contributed by atoms with Crippen molar-refractivity contribution in [3.05, 3.63) is 35.7 Å². The number of hydrogen-bond donors (Lipinski definition) is 2. The van der Waals surface area contributed by atoms with E-state index in [0.717, 1.165) is 23.6 Å². The summed E-state index contributed by atoms with van der Waals surface area (Å²) in [6, 6.07) is 7.58. The van der Waals surface area contributed by atoms with Crippen LogP contribution in [0.3, 0.4) is 0 Å². The highest BCUT2D eigenvalue weighted by Gasteiger charge is 2.19. The standard InChI is InChI=1S/C17H25N5O2.ClH/c1-4-15-16(17(23)19-11-5-10-18)20-21-22(15)13-6-8-14(9-7-13)24-12(2)3;/h6-9,12H,4-5,10-11,18H2,1-3H3,(H,19,23);1H. The number of nitrogens with two attached hydrogens (primary N) is 1. The second-order valence-electron chi connectivity index (χ2n) is 5.71. The Labute approximate surface area is 154 Å². The minimum atomic E-state index is -0.216. The van der Waals surface area contributed by atoms with E-state index in [9.17, 15) is 4.79 Å². The van der Waals surface area contributed by atoms with Gasteiger partial charge in [-0.1, -0.05) is 12.1 Å². The summed E-state index contributed by atoms with van der Waals surface area (Å²) in [4.78, 5) is 12.2. The van der Waals surface area contributed by atoms with Gasteiger partial charge in [0.05, 0.1) is 17.5 Å². The first-order chi connectivity index (χ1) is 11.6. The molecule has 0 unspecified atom stereocenters. The lowest BCUT2D eigenvalue weighted by Crippen LogP contribution is -2.27. The summed E-state index contributed by atoms with van der Waals surface area (Å²) in [7, 11) is 0. The normalized spacial score (nSPS) is 10.4. The van der Waals surface area contributed by atoms with Gasteiger partial charge >= 0.3 is 0 Å². The average molecular weight is 368 g/mol. The molecule has 0 radical (unpaired) electrons. The van der Waals surface area contributed by atoms with Crippen LogP contribution in [0.2, 0.25) is 0 Å². The quantitative estimate of drug-likeness (QED) is 0.697. The monoisotopic (exact) mass is 367 g/mol. The minimum Gasteiger partial charge on any atom is -0.491 e. The Kier molecular flexibility index (Phi) is 8.37. The zero-order valence-corrected chi connectivity index (χ0v) is 15.7. The molecule has 1 amide bonds.